The number of pyridine rings is 1. The van der Waals surface area contributed by atoms with Gasteiger partial charge >= 0.3 is 0 Å². The zero-order valence-electron chi connectivity index (χ0n) is 21.5. The van der Waals surface area contributed by atoms with Crippen LogP contribution in [0.1, 0.15) is 92.4 Å². The molecule has 0 spiro atoms. The van der Waals surface area contributed by atoms with Crippen molar-refractivity contribution in [1.29, 1.82) is 0 Å². The van der Waals surface area contributed by atoms with Crippen LogP contribution in [0.25, 0.3) is 0 Å². The quantitative estimate of drug-likeness (QED) is 0.668. The lowest BCUT2D eigenvalue weighted by molar-refractivity contribution is 0.0592. The molecule has 1 aromatic heterocycles. The first-order valence-corrected chi connectivity index (χ1v) is 13.6. The van der Waals surface area contributed by atoms with E-state index in [0.29, 0.717) is 25.7 Å². The van der Waals surface area contributed by atoms with Crippen molar-refractivity contribution < 1.29 is 14.3 Å². The summed E-state index contributed by atoms with van der Waals surface area (Å²) in [6.45, 7) is 8.31. The van der Waals surface area contributed by atoms with Gasteiger partial charge in [-0.3, -0.25) is 19.3 Å². The van der Waals surface area contributed by atoms with E-state index >= 15 is 0 Å². The summed E-state index contributed by atoms with van der Waals surface area (Å²) < 4.78 is 7.61. The maximum absolute atomic E-state index is 13.5. The second kappa shape index (κ2) is 12.2. The number of piperazine rings is 1. The van der Waals surface area contributed by atoms with Gasteiger partial charge in [-0.1, -0.05) is 32.1 Å². The van der Waals surface area contributed by atoms with Gasteiger partial charge in [0.2, 0.25) is 5.43 Å². The van der Waals surface area contributed by atoms with Crippen molar-refractivity contribution >= 4 is 11.8 Å². The SMILES string of the molecule is CC(C)N1CCN(C(=O)c2cn(CC3CCCO3)cc(C(=O)NC3CCCCCCC3)c2=O)CC1. The first-order chi connectivity index (χ1) is 16.9. The van der Waals surface area contributed by atoms with Crippen LogP contribution < -0.4 is 10.7 Å². The fraction of sp³-hybridized carbons (Fsp3) is 0.741. The number of nitrogens with zero attached hydrogens (tertiary/aromatic N) is 3. The predicted octanol–water partition coefficient (Wildman–Crippen LogP) is 3.04. The molecule has 1 saturated carbocycles. The molecular formula is C27H42N4O4. The fourth-order valence-electron chi connectivity index (χ4n) is 5.55. The summed E-state index contributed by atoms with van der Waals surface area (Å²) in [5, 5.41) is 3.11. The number of carbonyl (C=O) groups is 2. The molecule has 8 nitrogen and oxygen atoms in total. The second-order valence-electron chi connectivity index (χ2n) is 10.7. The van der Waals surface area contributed by atoms with E-state index in [9.17, 15) is 14.4 Å². The second-order valence-corrected chi connectivity index (χ2v) is 10.7. The van der Waals surface area contributed by atoms with E-state index in [1.807, 2.05) is 4.57 Å². The van der Waals surface area contributed by atoms with E-state index in [1.54, 1.807) is 17.3 Å². The summed E-state index contributed by atoms with van der Waals surface area (Å²) in [6.07, 6.45) is 12.9. The van der Waals surface area contributed by atoms with Crippen molar-refractivity contribution in [2.24, 2.45) is 0 Å². The highest BCUT2D eigenvalue weighted by Gasteiger charge is 2.28. The molecule has 1 atom stereocenters. The highest BCUT2D eigenvalue weighted by Crippen LogP contribution is 2.18. The van der Waals surface area contributed by atoms with Crippen LogP contribution in [0.2, 0.25) is 0 Å². The number of nitrogens with one attached hydrogen (secondary N) is 1. The number of carbonyl (C=O) groups excluding carboxylic acids is 2. The first-order valence-electron chi connectivity index (χ1n) is 13.6. The molecule has 3 fully saturated rings. The summed E-state index contributed by atoms with van der Waals surface area (Å²) in [5.41, 5.74) is -0.309. The van der Waals surface area contributed by atoms with Crippen LogP contribution in [-0.4, -0.2) is 77.2 Å². The molecule has 3 heterocycles. The predicted molar refractivity (Wildman–Crippen MR) is 136 cm³/mol. The molecule has 194 valence electrons. The molecule has 1 unspecified atom stereocenters. The largest absolute Gasteiger partial charge is 0.376 e. The van der Waals surface area contributed by atoms with Gasteiger partial charge < -0.3 is 19.5 Å². The molecule has 1 aliphatic carbocycles. The Morgan fingerprint density at radius 3 is 2.23 bits per heavy atom. The standard InChI is InChI=1S/C27H42N4O4/c1-20(2)30-12-14-31(15-13-30)27(34)24-19-29(17-22-11-8-16-35-22)18-23(25(24)32)26(33)28-21-9-6-4-3-5-7-10-21/h18-22H,3-17H2,1-2H3,(H,28,33). The number of amides is 2. The van der Waals surface area contributed by atoms with E-state index < -0.39 is 5.43 Å². The summed E-state index contributed by atoms with van der Waals surface area (Å²) in [4.78, 5) is 44.3. The number of rotatable bonds is 6. The van der Waals surface area contributed by atoms with Gasteiger partial charge in [-0.2, -0.15) is 0 Å². The topological polar surface area (TPSA) is 83.9 Å². The molecule has 4 rings (SSSR count). The van der Waals surface area contributed by atoms with Gasteiger partial charge in [0.05, 0.1) is 6.10 Å². The van der Waals surface area contributed by atoms with Crippen LogP contribution in [-0.2, 0) is 11.3 Å². The lowest BCUT2D eigenvalue weighted by atomic mass is 9.96. The lowest BCUT2D eigenvalue weighted by Crippen LogP contribution is -2.51. The van der Waals surface area contributed by atoms with Gasteiger partial charge in [-0.15, -0.1) is 0 Å². The monoisotopic (exact) mass is 486 g/mol. The summed E-state index contributed by atoms with van der Waals surface area (Å²) in [6, 6.07) is 0.508. The summed E-state index contributed by atoms with van der Waals surface area (Å²) >= 11 is 0. The molecule has 3 aliphatic rings. The minimum atomic E-state index is -0.465. The van der Waals surface area contributed by atoms with Crippen LogP contribution in [0.4, 0.5) is 0 Å². The molecule has 0 radical (unpaired) electrons. The van der Waals surface area contributed by atoms with Crippen LogP contribution in [0.15, 0.2) is 17.2 Å². The van der Waals surface area contributed by atoms with Gasteiger partial charge in [-0.25, -0.2) is 0 Å². The lowest BCUT2D eigenvalue weighted by Gasteiger charge is -2.36. The highest BCUT2D eigenvalue weighted by atomic mass is 16.5. The third-order valence-corrected chi connectivity index (χ3v) is 7.76. The van der Waals surface area contributed by atoms with Gasteiger partial charge in [0.1, 0.15) is 11.1 Å². The number of ether oxygens (including phenoxy) is 1. The van der Waals surface area contributed by atoms with Crippen molar-refractivity contribution in [2.45, 2.75) is 96.4 Å². The third kappa shape index (κ3) is 6.73. The van der Waals surface area contributed by atoms with E-state index in [2.05, 4.69) is 24.1 Å². The molecule has 0 aromatic carbocycles. The van der Waals surface area contributed by atoms with E-state index in [1.165, 1.54) is 19.3 Å². The molecule has 8 heteroatoms. The highest BCUT2D eigenvalue weighted by molar-refractivity contribution is 5.99. The van der Waals surface area contributed by atoms with E-state index in [4.69, 9.17) is 4.74 Å². The van der Waals surface area contributed by atoms with Crippen molar-refractivity contribution in [3.05, 3.63) is 33.7 Å². The molecule has 2 aliphatic heterocycles. The average Bonchev–Trinajstić information content (AvgIpc) is 3.34. The Bertz CT molecular complexity index is 922. The Labute approximate surface area is 209 Å². The zero-order chi connectivity index (χ0) is 24.8. The Hall–Kier alpha value is -2.19. The number of hydrogen-bond acceptors (Lipinski definition) is 5. The van der Waals surface area contributed by atoms with Gasteiger partial charge in [0.25, 0.3) is 11.8 Å². The Balaban J connectivity index is 1.56. The van der Waals surface area contributed by atoms with Crippen molar-refractivity contribution in [1.82, 2.24) is 19.7 Å². The number of hydrogen-bond donors (Lipinski definition) is 1. The molecule has 35 heavy (non-hydrogen) atoms. The normalized spacial score (nSPS) is 22.7. The minimum Gasteiger partial charge on any atom is -0.376 e. The van der Waals surface area contributed by atoms with Gasteiger partial charge in [0, 0.05) is 63.8 Å². The van der Waals surface area contributed by atoms with Crippen LogP contribution >= 0.6 is 0 Å². The van der Waals surface area contributed by atoms with Crippen LogP contribution in [0.3, 0.4) is 0 Å². The number of aromatic nitrogens is 1. The van der Waals surface area contributed by atoms with Gasteiger partial charge in [-0.05, 0) is 39.5 Å². The smallest absolute Gasteiger partial charge is 0.259 e. The molecule has 2 amide bonds. The van der Waals surface area contributed by atoms with E-state index in [0.717, 1.165) is 58.2 Å². The van der Waals surface area contributed by atoms with Gasteiger partial charge in [0.15, 0.2) is 0 Å². The summed E-state index contributed by atoms with van der Waals surface area (Å²) in [7, 11) is 0. The average molecular weight is 487 g/mol. The third-order valence-electron chi connectivity index (χ3n) is 7.76. The molecule has 2 saturated heterocycles. The van der Waals surface area contributed by atoms with Crippen molar-refractivity contribution in [2.75, 3.05) is 32.8 Å². The Morgan fingerprint density at radius 2 is 1.60 bits per heavy atom. The Morgan fingerprint density at radius 1 is 0.943 bits per heavy atom. The van der Waals surface area contributed by atoms with Crippen molar-refractivity contribution in [3.63, 3.8) is 0 Å². The molecule has 1 aromatic rings. The molecular weight excluding hydrogens is 444 g/mol. The Kier molecular flexibility index (Phi) is 9.00. The zero-order valence-corrected chi connectivity index (χ0v) is 21.5. The maximum Gasteiger partial charge on any atom is 0.259 e. The minimum absolute atomic E-state index is 0.0385. The molecule has 1 N–H and O–H groups in total. The van der Waals surface area contributed by atoms with Crippen molar-refractivity contribution in [3.8, 4) is 0 Å². The maximum atomic E-state index is 13.5. The molecule has 0 bridgehead atoms. The van der Waals surface area contributed by atoms with Crippen LogP contribution in [0, 0.1) is 0 Å². The van der Waals surface area contributed by atoms with E-state index in [-0.39, 0.29) is 35.1 Å². The van der Waals surface area contributed by atoms with Crippen LogP contribution in [0.5, 0.6) is 0 Å². The fourth-order valence-corrected chi connectivity index (χ4v) is 5.55. The summed E-state index contributed by atoms with van der Waals surface area (Å²) in [5.74, 6) is -0.638. The first kappa shape index (κ1) is 25.9.